The van der Waals surface area contributed by atoms with Crippen molar-refractivity contribution in [1.29, 1.82) is 0 Å². The molecule has 3 rings (SSSR count). The van der Waals surface area contributed by atoms with Crippen molar-refractivity contribution in [3.8, 4) is 0 Å². The molecule has 0 aromatic carbocycles. The maximum atomic E-state index is 5.95. The number of piperidine rings is 1. The second-order valence-corrected chi connectivity index (χ2v) is 7.31. The smallest absolute Gasteiger partial charge is 0.139 e. The number of anilines is 1. The lowest BCUT2D eigenvalue weighted by atomic mass is 9.84. The molecule has 3 nitrogen and oxygen atoms in total. The van der Waals surface area contributed by atoms with Gasteiger partial charge in [-0.2, -0.15) is 0 Å². The Labute approximate surface area is 126 Å². The zero-order valence-electron chi connectivity index (χ0n) is 12.4. The van der Waals surface area contributed by atoms with E-state index in [2.05, 4.69) is 24.8 Å². The van der Waals surface area contributed by atoms with Crippen LogP contribution in [0.1, 0.15) is 49.9 Å². The highest BCUT2D eigenvalue weighted by atomic mass is 32.1. The molecule has 1 aliphatic heterocycles. The lowest BCUT2D eigenvalue weighted by Gasteiger charge is -2.39. The van der Waals surface area contributed by atoms with Gasteiger partial charge in [0.1, 0.15) is 10.8 Å². The first kappa shape index (κ1) is 13.8. The zero-order valence-corrected chi connectivity index (χ0v) is 13.2. The monoisotopic (exact) mass is 289 g/mol. The van der Waals surface area contributed by atoms with E-state index in [9.17, 15) is 0 Å². The Morgan fingerprint density at radius 1 is 1.35 bits per heavy atom. The fourth-order valence-corrected chi connectivity index (χ4v) is 3.64. The number of pyridine rings is 1. The van der Waals surface area contributed by atoms with Crippen LogP contribution in [0.15, 0.2) is 6.07 Å². The van der Waals surface area contributed by atoms with Crippen molar-refractivity contribution in [3.63, 3.8) is 0 Å². The van der Waals surface area contributed by atoms with Crippen LogP contribution in [-0.4, -0.2) is 23.1 Å². The molecule has 0 unspecified atom stereocenters. The predicted molar refractivity (Wildman–Crippen MR) is 87.4 cm³/mol. The molecule has 0 radical (unpaired) electrons. The SMILES string of the molecule is CC1(C)CCCN(c2nc3c(cc2C(N)=S)CCC3)C1. The van der Waals surface area contributed by atoms with Gasteiger partial charge in [-0.3, -0.25) is 0 Å². The molecular weight excluding hydrogens is 266 g/mol. The first-order valence-corrected chi connectivity index (χ1v) is 7.95. The van der Waals surface area contributed by atoms with Crippen molar-refractivity contribution in [2.45, 2.75) is 46.0 Å². The summed E-state index contributed by atoms with van der Waals surface area (Å²) in [7, 11) is 0. The summed E-state index contributed by atoms with van der Waals surface area (Å²) >= 11 is 5.26. The standard InChI is InChI=1S/C16H23N3S/c1-16(2)7-4-8-19(10-16)15-12(14(17)20)9-11-5-3-6-13(11)18-15/h9H,3-8,10H2,1-2H3,(H2,17,20). The molecule has 1 aliphatic carbocycles. The molecule has 1 fully saturated rings. The van der Waals surface area contributed by atoms with E-state index in [4.69, 9.17) is 22.9 Å². The summed E-state index contributed by atoms with van der Waals surface area (Å²) in [4.78, 5) is 7.79. The maximum absolute atomic E-state index is 5.95. The summed E-state index contributed by atoms with van der Waals surface area (Å²) in [5.74, 6) is 1.02. The van der Waals surface area contributed by atoms with Crippen molar-refractivity contribution in [3.05, 3.63) is 22.9 Å². The summed E-state index contributed by atoms with van der Waals surface area (Å²) in [6.45, 7) is 6.75. The number of aryl methyl sites for hydroxylation is 2. The van der Waals surface area contributed by atoms with Gasteiger partial charge in [0.05, 0.1) is 5.56 Å². The van der Waals surface area contributed by atoms with Gasteiger partial charge in [-0.1, -0.05) is 26.1 Å². The summed E-state index contributed by atoms with van der Waals surface area (Å²) < 4.78 is 0. The molecule has 0 saturated carbocycles. The van der Waals surface area contributed by atoms with E-state index in [1.165, 1.54) is 30.5 Å². The van der Waals surface area contributed by atoms with Crippen molar-refractivity contribution in [2.75, 3.05) is 18.0 Å². The molecule has 1 saturated heterocycles. The lowest BCUT2D eigenvalue weighted by Crippen LogP contribution is -2.41. The van der Waals surface area contributed by atoms with E-state index in [0.29, 0.717) is 10.4 Å². The minimum atomic E-state index is 0.340. The number of nitrogens with two attached hydrogens (primary N) is 1. The van der Waals surface area contributed by atoms with Gasteiger partial charge in [0.25, 0.3) is 0 Å². The topological polar surface area (TPSA) is 42.2 Å². The normalized spacial score (nSPS) is 20.8. The van der Waals surface area contributed by atoms with Gasteiger partial charge in [0.15, 0.2) is 0 Å². The van der Waals surface area contributed by atoms with Gasteiger partial charge < -0.3 is 10.6 Å². The van der Waals surface area contributed by atoms with E-state index >= 15 is 0 Å². The maximum Gasteiger partial charge on any atom is 0.139 e. The van der Waals surface area contributed by atoms with Crippen LogP contribution in [0.3, 0.4) is 0 Å². The third kappa shape index (κ3) is 2.53. The fraction of sp³-hybridized carbons (Fsp3) is 0.625. The fourth-order valence-electron chi connectivity index (χ4n) is 3.49. The molecule has 0 bridgehead atoms. The minimum absolute atomic E-state index is 0.340. The average molecular weight is 289 g/mol. The van der Waals surface area contributed by atoms with E-state index < -0.39 is 0 Å². The molecule has 108 valence electrons. The molecule has 4 heteroatoms. The number of hydrogen-bond acceptors (Lipinski definition) is 3. The Hall–Kier alpha value is -1.16. The van der Waals surface area contributed by atoms with E-state index in [0.717, 1.165) is 37.3 Å². The van der Waals surface area contributed by atoms with Gasteiger partial charge in [-0.05, 0) is 49.1 Å². The second-order valence-electron chi connectivity index (χ2n) is 6.87. The van der Waals surface area contributed by atoms with E-state index in [1.807, 2.05) is 0 Å². The minimum Gasteiger partial charge on any atom is -0.389 e. The van der Waals surface area contributed by atoms with Crippen LogP contribution in [0, 0.1) is 5.41 Å². The van der Waals surface area contributed by atoms with Gasteiger partial charge in [-0.15, -0.1) is 0 Å². The van der Waals surface area contributed by atoms with Crippen LogP contribution in [0.25, 0.3) is 0 Å². The van der Waals surface area contributed by atoms with Gasteiger partial charge in [-0.25, -0.2) is 4.98 Å². The molecule has 2 heterocycles. The van der Waals surface area contributed by atoms with Crippen LogP contribution in [0.4, 0.5) is 5.82 Å². The van der Waals surface area contributed by atoms with Crippen molar-refractivity contribution < 1.29 is 0 Å². The number of hydrogen-bond donors (Lipinski definition) is 1. The highest BCUT2D eigenvalue weighted by Crippen LogP contribution is 2.34. The second kappa shape index (κ2) is 4.99. The predicted octanol–water partition coefficient (Wildman–Crippen LogP) is 2.83. The number of rotatable bonds is 2. The van der Waals surface area contributed by atoms with E-state index in [1.54, 1.807) is 0 Å². The van der Waals surface area contributed by atoms with Crippen LogP contribution in [0.2, 0.25) is 0 Å². The van der Waals surface area contributed by atoms with Crippen LogP contribution in [0.5, 0.6) is 0 Å². The number of aromatic nitrogens is 1. The molecule has 2 aliphatic rings. The number of nitrogens with zero attached hydrogens (tertiary/aromatic N) is 2. The molecule has 0 amide bonds. The highest BCUT2D eigenvalue weighted by Gasteiger charge is 2.29. The van der Waals surface area contributed by atoms with Crippen LogP contribution < -0.4 is 10.6 Å². The lowest BCUT2D eigenvalue weighted by molar-refractivity contribution is 0.292. The van der Waals surface area contributed by atoms with Crippen molar-refractivity contribution in [2.24, 2.45) is 11.1 Å². The largest absolute Gasteiger partial charge is 0.389 e. The molecule has 1 aromatic heterocycles. The van der Waals surface area contributed by atoms with Gasteiger partial charge >= 0.3 is 0 Å². The third-order valence-corrected chi connectivity index (χ3v) is 4.72. The molecule has 0 atom stereocenters. The summed E-state index contributed by atoms with van der Waals surface area (Å²) in [6.07, 6.45) is 5.90. The van der Waals surface area contributed by atoms with Gasteiger partial charge in [0, 0.05) is 18.8 Å². The molecule has 0 spiro atoms. The zero-order chi connectivity index (χ0) is 14.3. The Kier molecular flexibility index (Phi) is 3.44. The number of thiocarbonyl (C=S) groups is 1. The summed E-state index contributed by atoms with van der Waals surface area (Å²) in [5.41, 5.74) is 9.85. The summed E-state index contributed by atoms with van der Waals surface area (Å²) in [6, 6.07) is 2.19. The third-order valence-electron chi connectivity index (χ3n) is 4.50. The molecular formula is C16H23N3S. The summed E-state index contributed by atoms with van der Waals surface area (Å²) in [5, 5.41) is 0. The number of fused-ring (bicyclic) bond motifs is 1. The van der Waals surface area contributed by atoms with Crippen LogP contribution >= 0.6 is 12.2 Å². The first-order valence-electron chi connectivity index (χ1n) is 7.54. The first-order chi connectivity index (χ1) is 9.46. The molecule has 20 heavy (non-hydrogen) atoms. The van der Waals surface area contributed by atoms with Crippen molar-refractivity contribution >= 4 is 23.0 Å². The van der Waals surface area contributed by atoms with E-state index in [-0.39, 0.29) is 0 Å². The highest BCUT2D eigenvalue weighted by molar-refractivity contribution is 7.80. The Morgan fingerprint density at radius 2 is 2.15 bits per heavy atom. The average Bonchev–Trinajstić information content (AvgIpc) is 2.83. The molecule has 1 aromatic rings. The Bertz CT molecular complexity index is 551. The Morgan fingerprint density at radius 3 is 2.85 bits per heavy atom. The Balaban J connectivity index is 2.01. The van der Waals surface area contributed by atoms with Crippen LogP contribution in [-0.2, 0) is 12.8 Å². The van der Waals surface area contributed by atoms with Gasteiger partial charge in [0.2, 0.25) is 0 Å². The quantitative estimate of drug-likeness (QED) is 0.850. The van der Waals surface area contributed by atoms with Crippen molar-refractivity contribution in [1.82, 2.24) is 4.98 Å². The molecule has 2 N–H and O–H groups in total.